The highest BCUT2D eigenvalue weighted by molar-refractivity contribution is 5.21. The van der Waals surface area contributed by atoms with Gasteiger partial charge in [0, 0.05) is 0 Å². The molecule has 3 saturated carbocycles. The molecule has 0 heterocycles. The Bertz CT molecular complexity index is 568. The Morgan fingerprint density at radius 3 is 2.04 bits per heavy atom. The van der Waals surface area contributed by atoms with Crippen LogP contribution >= 0.6 is 0 Å². The van der Waals surface area contributed by atoms with Crippen LogP contribution in [0, 0.1) is 35.4 Å². The van der Waals surface area contributed by atoms with E-state index in [9.17, 15) is 4.39 Å². The van der Waals surface area contributed by atoms with Crippen LogP contribution in [-0.2, 0) is 0 Å². The van der Waals surface area contributed by atoms with E-state index in [-0.39, 0.29) is 5.82 Å². The van der Waals surface area contributed by atoms with Gasteiger partial charge in [-0.15, -0.1) is 0 Å². The van der Waals surface area contributed by atoms with E-state index >= 15 is 0 Å². The van der Waals surface area contributed by atoms with Crippen LogP contribution < -0.4 is 0 Å². The number of hydrogen-bond acceptors (Lipinski definition) is 0. The van der Waals surface area contributed by atoms with Gasteiger partial charge >= 0.3 is 0 Å². The predicted octanol–water partition coefficient (Wildman–Crippen LogP) is 8.12. The Morgan fingerprint density at radius 2 is 1.33 bits per heavy atom. The van der Waals surface area contributed by atoms with E-state index in [2.05, 4.69) is 6.92 Å². The molecular formula is C26H39F. The van der Waals surface area contributed by atoms with Crippen LogP contribution in [0.2, 0.25) is 0 Å². The van der Waals surface area contributed by atoms with E-state index in [1.165, 1.54) is 89.0 Å². The molecule has 4 atom stereocenters. The molecule has 0 saturated heterocycles. The molecule has 0 aliphatic heterocycles. The third-order valence-corrected chi connectivity index (χ3v) is 8.52. The maximum Gasteiger partial charge on any atom is 0.123 e. The second-order valence-electron chi connectivity index (χ2n) is 10.1. The third-order valence-electron chi connectivity index (χ3n) is 8.52. The predicted molar refractivity (Wildman–Crippen MR) is 112 cm³/mol. The molecule has 4 rings (SSSR count). The van der Waals surface area contributed by atoms with Crippen molar-refractivity contribution in [3.63, 3.8) is 0 Å². The van der Waals surface area contributed by atoms with Crippen molar-refractivity contribution in [3.05, 3.63) is 35.6 Å². The van der Waals surface area contributed by atoms with Crippen molar-refractivity contribution in [2.45, 2.75) is 96.3 Å². The van der Waals surface area contributed by atoms with Crippen molar-refractivity contribution in [2.24, 2.45) is 29.6 Å². The summed E-state index contributed by atoms with van der Waals surface area (Å²) in [6.07, 6.45) is 18.9. The monoisotopic (exact) mass is 370 g/mol. The summed E-state index contributed by atoms with van der Waals surface area (Å²) in [5, 5.41) is 0. The Balaban J connectivity index is 1.26. The summed E-state index contributed by atoms with van der Waals surface area (Å²) in [5.74, 6) is 5.61. The van der Waals surface area contributed by atoms with Gasteiger partial charge in [-0.1, -0.05) is 51.2 Å². The first-order chi connectivity index (χ1) is 13.2. The second kappa shape index (κ2) is 9.10. The van der Waals surface area contributed by atoms with E-state index in [1.807, 2.05) is 12.1 Å². The molecule has 3 fully saturated rings. The molecule has 3 aliphatic carbocycles. The van der Waals surface area contributed by atoms with Crippen molar-refractivity contribution in [3.8, 4) is 0 Å². The van der Waals surface area contributed by atoms with Crippen LogP contribution in [0.25, 0.3) is 0 Å². The highest BCUT2D eigenvalue weighted by Gasteiger charge is 2.38. The maximum atomic E-state index is 13.2. The Hall–Kier alpha value is -0.850. The number of hydrogen-bond donors (Lipinski definition) is 0. The van der Waals surface area contributed by atoms with E-state index < -0.39 is 0 Å². The fourth-order valence-electron chi connectivity index (χ4n) is 6.83. The van der Waals surface area contributed by atoms with Crippen molar-refractivity contribution < 1.29 is 4.39 Å². The Labute approximate surface area is 166 Å². The number of benzene rings is 1. The number of fused-ring (bicyclic) bond motifs is 1. The fraction of sp³-hybridized carbons (Fsp3) is 0.769. The van der Waals surface area contributed by atoms with Gasteiger partial charge in [0.25, 0.3) is 0 Å². The van der Waals surface area contributed by atoms with Crippen molar-refractivity contribution >= 4 is 0 Å². The number of unbranched alkanes of at least 4 members (excludes halogenated alkanes) is 1. The van der Waals surface area contributed by atoms with Gasteiger partial charge in [-0.2, -0.15) is 0 Å². The highest BCUT2D eigenvalue weighted by Crippen LogP contribution is 2.51. The van der Waals surface area contributed by atoms with Crippen molar-refractivity contribution in [2.75, 3.05) is 0 Å². The number of halogens is 1. The summed E-state index contributed by atoms with van der Waals surface area (Å²) in [7, 11) is 0. The molecule has 0 aromatic heterocycles. The molecule has 4 unspecified atom stereocenters. The minimum Gasteiger partial charge on any atom is -0.207 e. The molecule has 3 aliphatic rings. The first-order valence-electron chi connectivity index (χ1n) is 12.0. The quantitative estimate of drug-likeness (QED) is 0.491. The lowest BCUT2D eigenvalue weighted by atomic mass is 9.60. The first kappa shape index (κ1) is 19.5. The lowest BCUT2D eigenvalue weighted by Crippen LogP contribution is -2.34. The minimum absolute atomic E-state index is 0.0997. The standard InChI is InChI=1S/C26H39F/c1-2-3-4-19-5-7-20(8-6-19)22-9-11-25-18-23(10-12-24(25)17-22)21-13-15-26(27)16-14-21/h13-16,19-20,22-25H,2-12,17-18H2,1H3. The van der Waals surface area contributed by atoms with E-state index in [0.29, 0.717) is 5.92 Å². The van der Waals surface area contributed by atoms with Crippen LogP contribution in [0.3, 0.4) is 0 Å². The average molecular weight is 371 g/mol. The van der Waals surface area contributed by atoms with Gasteiger partial charge < -0.3 is 0 Å². The van der Waals surface area contributed by atoms with Crippen LogP contribution in [0.15, 0.2) is 24.3 Å². The summed E-state index contributed by atoms with van der Waals surface area (Å²) in [6, 6.07) is 7.36. The Kier molecular flexibility index (Phi) is 6.56. The van der Waals surface area contributed by atoms with Gasteiger partial charge in [0.05, 0.1) is 0 Å². The molecule has 1 aromatic carbocycles. The zero-order chi connectivity index (χ0) is 18.6. The maximum absolute atomic E-state index is 13.2. The second-order valence-corrected chi connectivity index (χ2v) is 10.1. The SMILES string of the molecule is CCCCC1CCC(C2CCC3CC(c4ccc(F)cc4)CCC3C2)CC1. The van der Waals surface area contributed by atoms with Gasteiger partial charge in [0.1, 0.15) is 5.82 Å². The van der Waals surface area contributed by atoms with Gasteiger partial charge in [-0.25, -0.2) is 4.39 Å². The molecule has 0 N–H and O–H groups in total. The van der Waals surface area contributed by atoms with Crippen molar-refractivity contribution in [1.29, 1.82) is 0 Å². The summed E-state index contributed by atoms with van der Waals surface area (Å²) in [6.45, 7) is 2.33. The zero-order valence-corrected chi connectivity index (χ0v) is 17.3. The average Bonchev–Trinajstić information content (AvgIpc) is 2.72. The van der Waals surface area contributed by atoms with Crippen LogP contribution in [0.4, 0.5) is 4.39 Å². The first-order valence-corrected chi connectivity index (χ1v) is 12.0. The minimum atomic E-state index is -0.0997. The van der Waals surface area contributed by atoms with Gasteiger partial charge in [-0.05, 0) is 105 Å². The topological polar surface area (TPSA) is 0 Å². The van der Waals surface area contributed by atoms with Gasteiger partial charge in [0.2, 0.25) is 0 Å². The number of rotatable bonds is 5. The van der Waals surface area contributed by atoms with Gasteiger partial charge in [-0.3, -0.25) is 0 Å². The molecule has 0 bridgehead atoms. The summed E-state index contributed by atoms with van der Waals surface area (Å²) >= 11 is 0. The highest BCUT2D eigenvalue weighted by atomic mass is 19.1. The molecular weight excluding hydrogens is 331 g/mol. The van der Waals surface area contributed by atoms with Crippen LogP contribution in [-0.4, -0.2) is 0 Å². The molecule has 1 aromatic rings. The lowest BCUT2D eigenvalue weighted by molar-refractivity contribution is 0.0710. The van der Waals surface area contributed by atoms with E-state index in [0.717, 1.165) is 29.6 Å². The van der Waals surface area contributed by atoms with Crippen LogP contribution in [0.1, 0.15) is 102 Å². The third kappa shape index (κ3) is 4.77. The van der Waals surface area contributed by atoms with E-state index in [1.54, 1.807) is 12.1 Å². The van der Waals surface area contributed by atoms with Crippen molar-refractivity contribution in [1.82, 2.24) is 0 Å². The normalized spacial score (nSPS) is 37.0. The van der Waals surface area contributed by atoms with Crippen LogP contribution in [0.5, 0.6) is 0 Å². The van der Waals surface area contributed by atoms with E-state index in [4.69, 9.17) is 0 Å². The lowest BCUT2D eigenvalue weighted by Gasteiger charge is -2.45. The fourth-order valence-corrected chi connectivity index (χ4v) is 6.83. The summed E-state index contributed by atoms with van der Waals surface area (Å²) < 4.78 is 13.2. The molecule has 0 amide bonds. The van der Waals surface area contributed by atoms with Gasteiger partial charge in [0.15, 0.2) is 0 Å². The summed E-state index contributed by atoms with van der Waals surface area (Å²) in [4.78, 5) is 0. The largest absolute Gasteiger partial charge is 0.207 e. The molecule has 1 heteroatoms. The smallest absolute Gasteiger partial charge is 0.123 e. The molecule has 0 nitrogen and oxygen atoms in total. The molecule has 0 radical (unpaired) electrons. The molecule has 0 spiro atoms. The zero-order valence-electron chi connectivity index (χ0n) is 17.3. The summed E-state index contributed by atoms with van der Waals surface area (Å²) in [5.41, 5.74) is 1.38. The molecule has 27 heavy (non-hydrogen) atoms. The Morgan fingerprint density at radius 1 is 0.741 bits per heavy atom. The molecule has 150 valence electrons.